The summed E-state index contributed by atoms with van der Waals surface area (Å²) in [6.45, 7) is 0. The second kappa shape index (κ2) is 6.01. The van der Waals surface area contributed by atoms with Crippen LogP contribution in [0.2, 0.25) is 0 Å². The van der Waals surface area contributed by atoms with Crippen LogP contribution in [0.1, 0.15) is 0 Å². The smallest absolute Gasteiger partial charge is 0.172 e. The van der Waals surface area contributed by atoms with E-state index < -0.39 is 7.14 Å². The van der Waals surface area contributed by atoms with Crippen LogP contribution in [0.4, 0.5) is 0 Å². The van der Waals surface area contributed by atoms with Crippen LogP contribution >= 0.6 is 23.1 Å². The molecule has 104 valence electrons. The zero-order valence-corrected chi connectivity index (χ0v) is 13.8. The minimum atomic E-state index is -2.86. The molecule has 0 fully saturated rings. The molecule has 3 aromatic carbocycles. The Morgan fingerprint density at radius 2 is 1.05 bits per heavy atom. The number of halogens is 1. The first-order valence-corrected chi connectivity index (χ1v) is 9.19. The lowest BCUT2D eigenvalue weighted by molar-refractivity contribution is 0.592. The quantitative estimate of drug-likeness (QED) is 0.646. The van der Waals surface area contributed by atoms with Crippen LogP contribution in [-0.2, 0) is 4.57 Å². The molecule has 3 rings (SSSR count). The maximum absolute atomic E-state index is 14.0. The maximum atomic E-state index is 14.0. The van der Waals surface area contributed by atoms with E-state index in [1.165, 1.54) is 0 Å². The third-order valence-corrected chi connectivity index (χ3v) is 7.55. The van der Waals surface area contributed by atoms with Crippen LogP contribution in [0.25, 0.3) is 0 Å². The molecule has 0 aliphatic carbocycles. The molecule has 0 aromatic heterocycles. The van der Waals surface area contributed by atoms with Crippen LogP contribution in [0.5, 0.6) is 0 Å². The average molecular weight is 357 g/mol. The summed E-state index contributed by atoms with van der Waals surface area (Å²) in [5.74, 6) is 0. The highest BCUT2D eigenvalue weighted by atomic mass is 79.9. The molecule has 0 spiro atoms. The summed E-state index contributed by atoms with van der Waals surface area (Å²) >= 11 is 3.55. The molecule has 0 atom stereocenters. The maximum Gasteiger partial charge on any atom is 0.172 e. The standard InChI is InChI=1S/C18H14BrOP/c19-17-13-7-8-14-18(17)21(20,15-9-3-1-4-10-15)16-11-5-2-6-12-16/h1-14H. The van der Waals surface area contributed by atoms with Crippen molar-refractivity contribution in [3.8, 4) is 0 Å². The SMILES string of the molecule is O=P(c1ccccc1)(c1ccccc1)c1ccccc1Br. The molecule has 3 aromatic rings. The van der Waals surface area contributed by atoms with Crippen LogP contribution in [0.3, 0.4) is 0 Å². The average Bonchev–Trinajstić information content (AvgIpc) is 2.56. The molecule has 21 heavy (non-hydrogen) atoms. The van der Waals surface area contributed by atoms with Gasteiger partial charge in [0.25, 0.3) is 0 Å². The highest BCUT2D eigenvalue weighted by molar-refractivity contribution is 9.10. The van der Waals surface area contributed by atoms with Gasteiger partial charge in [-0.25, -0.2) is 0 Å². The molecule has 0 radical (unpaired) electrons. The summed E-state index contributed by atoms with van der Waals surface area (Å²) in [6.07, 6.45) is 0. The second-order valence-electron chi connectivity index (χ2n) is 4.73. The van der Waals surface area contributed by atoms with Gasteiger partial charge < -0.3 is 4.57 Å². The van der Waals surface area contributed by atoms with Crippen molar-refractivity contribution in [2.45, 2.75) is 0 Å². The lowest BCUT2D eigenvalue weighted by Crippen LogP contribution is -2.25. The van der Waals surface area contributed by atoms with Gasteiger partial charge in [0.05, 0.1) is 0 Å². The van der Waals surface area contributed by atoms with Crippen LogP contribution in [0, 0.1) is 0 Å². The lowest BCUT2D eigenvalue weighted by atomic mass is 10.4. The Morgan fingerprint density at radius 3 is 1.52 bits per heavy atom. The molecule has 0 aliphatic heterocycles. The van der Waals surface area contributed by atoms with Gasteiger partial charge in [-0.05, 0) is 12.1 Å². The molecule has 3 heteroatoms. The fraction of sp³-hybridized carbons (Fsp3) is 0. The van der Waals surface area contributed by atoms with Crippen molar-refractivity contribution in [3.63, 3.8) is 0 Å². The van der Waals surface area contributed by atoms with Crippen molar-refractivity contribution < 1.29 is 4.57 Å². The van der Waals surface area contributed by atoms with Gasteiger partial charge >= 0.3 is 0 Å². The molecule has 0 bridgehead atoms. The largest absolute Gasteiger partial charge is 0.309 e. The summed E-state index contributed by atoms with van der Waals surface area (Å²) in [4.78, 5) is 0. The highest BCUT2D eigenvalue weighted by Crippen LogP contribution is 2.44. The van der Waals surface area contributed by atoms with Gasteiger partial charge in [-0.1, -0.05) is 88.7 Å². The summed E-state index contributed by atoms with van der Waals surface area (Å²) in [6, 6.07) is 27.1. The van der Waals surface area contributed by atoms with E-state index in [1.54, 1.807) is 0 Å². The topological polar surface area (TPSA) is 17.1 Å². The molecular formula is C18H14BrOP. The van der Waals surface area contributed by atoms with Crippen molar-refractivity contribution in [2.24, 2.45) is 0 Å². The molecule has 0 unspecified atom stereocenters. The highest BCUT2D eigenvalue weighted by Gasteiger charge is 2.30. The first-order valence-electron chi connectivity index (χ1n) is 6.69. The summed E-state index contributed by atoms with van der Waals surface area (Å²) < 4.78 is 14.9. The third-order valence-electron chi connectivity index (χ3n) is 3.43. The van der Waals surface area contributed by atoms with Crippen LogP contribution in [0.15, 0.2) is 89.4 Å². The van der Waals surface area contributed by atoms with Crippen molar-refractivity contribution in [2.75, 3.05) is 0 Å². The number of benzene rings is 3. The third kappa shape index (κ3) is 2.62. The second-order valence-corrected chi connectivity index (χ2v) is 8.32. The van der Waals surface area contributed by atoms with E-state index in [-0.39, 0.29) is 0 Å². The van der Waals surface area contributed by atoms with Crippen molar-refractivity contribution >= 4 is 39.0 Å². The number of hydrogen-bond donors (Lipinski definition) is 0. The van der Waals surface area contributed by atoms with E-state index in [1.807, 2.05) is 84.9 Å². The zero-order valence-electron chi connectivity index (χ0n) is 11.3. The Labute approximate surface area is 133 Å². The molecule has 0 amide bonds. The zero-order chi connectivity index (χ0) is 14.7. The molecule has 0 N–H and O–H groups in total. The first kappa shape index (κ1) is 14.3. The van der Waals surface area contributed by atoms with Crippen molar-refractivity contribution in [1.82, 2.24) is 0 Å². The molecule has 0 saturated carbocycles. The minimum Gasteiger partial charge on any atom is -0.309 e. The Balaban J connectivity index is 2.32. The van der Waals surface area contributed by atoms with E-state index in [9.17, 15) is 4.57 Å². The Kier molecular flexibility index (Phi) is 4.10. The molecule has 0 aliphatic rings. The molecule has 1 nitrogen and oxygen atoms in total. The van der Waals surface area contributed by atoms with E-state index >= 15 is 0 Å². The predicted molar refractivity (Wildman–Crippen MR) is 93.5 cm³/mol. The van der Waals surface area contributed by atoms with E-state index in [0.29, 0.717) is 0 Å². The summed E-state index contributed by atoms with van der Waals surface area (Å²) in [7, 11) is -2.86. The van der Waals surface area contributed by atoms with Crippen molar-refractivity contribution in [1.29, 1.82) is 0 Å². The number of rotatable bonds is 3. The van der Waals surface area contributed by atoms with Gasteiger partial charge in [-0.2, -0.15) is 0 Å². The van der Waals surface area contributed by atoms with Crippen LogP contribution in [-0.4, -0.2) is 0 Å². The fourth-order valence-corrected chi connectivity index (χ4v) is 6.15. The van der Waals surface area contributed by atoms with Gasteiger partial charge in [-0.3, -0.25) is 0 Å². The summed E-state index contributed by atoms with van der Waals surface area (Å²) in [5.41, 5.74) is 0. The Hall–Kier alpha value is -1.63. The lowest BCUT2D eigenvalue weighted by Gasteiger charge is -2.21. The predicted octanol–water partition coefficient (Wildman–Crippen LogP) is 4.09. The van der Waals surface area contributed by atoms with Gasteiger partial charge in [-0.15, -0.1) is 0 Å². The van der Waals surface area contributed by atoms with Gasteiger partial charge in [0.15, 0.2) is 7.14 Å². The van der Waals surface area contributed by atoms with Gasteiger partial charge in [0.1, 0.15) is 0 Å². The van der Waals surface area contributed by atoms with E-state index in [4.69, 9.17) is 0 Å². The molecule has 0 heterocycles. The Morgan fingerprint density at radius 1 is 0.619 bits per heavy atom. The Bertz CT molecular complexity index is 741. The summed E-state index contributed by atoms with van der Waals surface area (Å²) in [5, 5.41) is 2.54. The normalized spacial score (nSPS) is 11.3. The van der Waals surface area contributed by atoms with Gasteiger partial charge in [0.2, 0.25) is 0 Å². The molecule has 0 saturated heterocycles. The minimum absolute atomic E-state index is 0.836. The van der Waals surface area contributed by atoms with E-state index in [0.717, 1.165) is 20.4 Å². The van der Waals surface area contributed by atoms with E-state index in [2.05, 4.69) is 15.9 Å². The monoisotopic (exact) mass is 356 g/mol. The fourth-order valence-electron chi connectivity index (χ4n) is 2.41. The molecular weight excluding hydrogens is 343 g/mol. The van der Waals surface area contributed by atoms with Gasteiger partial charge in [0, 0.05) is 20.4 Å². The first-order chi connectivity index (χ1) is 10.2. The number of hydrogen-bond acceptors (Lipinski definition) is 1. The van der Waals surface area contributed by atoms with Crippen molar-refractivity contribution in [3.05, 3.63) is 89.4 Å². The van der Waals surface area contributed by atoms with Crippen LogP contribution < -0.4 is 15.9 Å².